The number of amides is 3. The number of likely N-dealkylation sites (N-methyl/N-ethyl adjacent to an activating group) is 1. The van der Waals surface area contributed by atoms with Crippen molar-refractivity contribution in [3.63, 3.8) is 0 Å². The zero-order chi connectivity index (χ0) is 33.3. The lowest BCUT2D eigenvalue weighted by Gasteiger charge is -2.35. The predicted molar refractivity (Wildman–Crippen MR) is 170 cm³/mol. The van der Waals surface area contributed by atoms with Crippen LogP contribution in [-0.2, 0) is 14.8 Å². The van der Waals surface area contributed by atoms with Gasteiger partial charge in [0, 0.05) is 44.4 Å². The smallest absolute Gasteiger partial charge is 0.319 e. The summed E-state index contributed by atoms with van der Waals surface area (Å²) in [6.07, 6.45) is 1.34. The number of carbonyl (C=O) groups excluding carboxylic acids is 2. The molecule has 0 saturated heterocycles. The number of sulfonamides is 1. The lowest BCUT2D eigenvalue weighted by molar-refractivity contribution is -0.00834. The number of carbonyl (C=O) groups is 2. The molecule has 0 aliphatic carbocycles. The number of halogens is 1. The summed E-state index contributed by atoms with van der Waals surface area (Å²) in [6, 6.07) is 8.44. The van der Waals surface area contributed by atoms with Gasteiger partial charge in [0.25, 0.3) is 5.91 Å². The summed E-state index contributed by atoms with van der Waals surface area (Å²) in [5, 5.41) is 15.7. The Kier molecular flexibility index (Phi) is 13.2. The topological polar surface area (TPSA) is 138 Å². The number of benzene rings is 2. The maximum Gasteiger partial charge on any atom is 0.319 e. The number of anilines is 1. The highest BCUT2D eigenvalue weighted by Gasteiger charge is 2.32. The molecule has 0 radical (unpaired) electrons. The van der Waals surface area contributed by atoms with E-state index in [-0.39, 0.29) is 48.2 Å². The molecule has 1 aliphatic rings. The molecule has 3 rings (SSSR count). The summed E-state index contributed by atoms with van der Waals surface area (Å²) in [4.78, 5) is 28.1. The van der Waals surface area contributed by atoms with E-state index >= 15 is 0 Å². The van der Waals surface area contributed by atoms with Crippen LogP contribution in [0.3, 0.4) is 0 Å². The molecule has 0 aromatic heterocycles. The first-order valence-electron chi connectivity index (χ1n) is 15.4. The number of hydrogen-bond donors (Lipinski definition) is 3. The number of urea groups is 1. The molecule has 0 fully saturated rings. The molecule has 2 aromatic carbocycles. The Morgan fingerprint density at radius 1 is 1.13 bits per heavy atom. The molecule has 0 saturated carbocycles. The summed E-state index contributed by atoms with van der Waals surface area (Å²) in [5.74, 6) is -0.953. The zero-order valence-corrected chi connectivity index (χ0v) is 27.8. The maximum atomic E-state index is 14.2. The third-order valence-corrected chi connectivity index (χ3v) is 9.53. The average molecular weight is 651 g/mol. The van der Waals surface area contributed by atoms with Gasteiger partial charge in [-0.05, 0) is 89.4 Å². The first kappa shape index (κ1) is 36.2. The Morgan fingerprint density at radius 2 is 1.82 bits per heavy atom. The van der Waals surface area contributed by atoms with Gasteiger partial charge in [-0.3, -0.25) is 4.79 Å². The first-order valence-corrected chi connectivity index (χ1v) is 16.8. The summed E-state index contributed by atoms with van der Waals surface area (Å²) in [6.45, 7) is 9.36. The molecule has 1 heterocycles. The molecule has 11 nitrogen and oxygen atoms in total. The van der Waals surface area contributed by atoms with Crippen LogP contribution < -0.4 is 15.4 Å². The molecule has 13 heteroatoms. The number of fused-ring (bicyclic) bond motifs is 1. The molecule has 1 aliphatic heterocycles. The van der Waals surface area contributed by atoms with Crippen molar-refractivity contribution >= 4 is 27.6 Å². The third kappa shape index (κ3) is 10.1. The van der Waals surface area contributed by atoms with Gasteiger partial charge in [0.15, 0.2) is 0 Å². The first-order chi connectivity index (χ1) is 21.2. The van der Waals surface area contributed by atoms with E-state index in [9.17, 15) is 27.5 Å². The number of ether oxygens (including phenoxy) is 2. The normalized spacial score (nSPS) is 21.1. The predicted octanol–water partition coefficient (Wildman–Crippen LogP) is 4.47. The van der Waals surface area contributed by atoms with E-state index in [1.54, 1.807) is 25.1 Å². The largest absolute Gasteiger partial charge is 0.490 e. The highest BCUT2D eigenvalue weighted by Crippen LogP contribution is 2.29. The van der Waals surface area contributed by atoms with Crippen LogP contribution in [0.15, 0.2) is 47.4 Å². The minimum absolute atomic E-state index is 0.00839. The summed E-state index contributed by atoms with van der Waals surface area (Å²) >= 11 is 0. The Morgan fingerprint density at radius 3 is 2.47 bits per heavy atom. The van der Waals surface area contributed by atoms with Crippen molar-refractivity contribution in [2.45, 2.75) is 83.1 Å². The molecule has 45 heavy (non-hydrogen) atoms. The van der Waals surface area contributed by atoms with Crippen LogP contribution in [-0.4, -0.2) is 92.3 Å². The average Bonchev–Trinajstić information content (AvgIpc) is 2.98. The molecule has 0 bridgehead atoms. The second-order valence-corrected chi connectivity index (χ2v) is 14.0. The van der Waals surface area contributed by atoms with Crippen molar-refractivity contribution in [2.24, 2.45) is 5.92 Å². The molecule has 3 N–H and O–H groups in total. The zero-order valence-electron chi connectivity index (χ0n) is 27.0. The van der Waals surface area contributed by atoms with Crippen molar-refractivity contribution in [3.05, 3.63) is 53.8 Å². The van der Waals surface area contributed by atoms with Gasteiger partial charge in [-0.15, -0.1) is 0 Å². The van der Waals surface area contributed by atoms with Crippen LogP contribution in [0.25, 0.3) is 0 Å². The highest BCUT2D eigenvalue weighted by atomic mass is 32.2. The van der Waals surface area contributed by atoms with Gasteiger partial charge in [-0.2, -0.15) is 4.31 Å². The highest BCUT2D eigenvalue weighted by molar-refractivity contribution is 7.89. The summed E-state index contributed by atoms with van der Waals surface area (Å²) in [7, 11) is -2.50. The number of nitrogens with one attached hydrogen (secondary N) is 2. The molecular weight excluding hydrogens is 603 g/mol. The quantitative estimate of drug-likeness (QED) is 0.383. The summed E-state index contributed by atoms with van der Waals surface area (Å²) < 4.78 is 53.7. The Balaban J connectivity index is 1.96. The van der Waals surface area contributed by atoms with Crippen molar-refractivity contribution in [1.29, 1.82) is 0 Å². The van der Waals surface area contributed by atoms with Crippen LogP contribution in [0.2, 0.25) is 0 Å². The fourth-order valence-corrected chi connectivity index (χ4v) is 6.21. The molecule has 4 atom stereocenters. The van der Waals surface area contributed by atoms with Crippen molar-refractivity contribution in [2.75, 3.05) is 38.7 Å². The second kappa shape index (κ2) is 16.3. The van der Waals surface area contributed by atoms with Crippen LogP contribution in [0.4, 0.5) is 14.9 Å². The number of aliphatic hydroxyl groups is 1. The SMILES string of the molecule is CC(C)NC(=O)Nc1ccc2c(c1)C(=O)N([C@H](C)CO)C[C@H](C)[C@H](CN(C)S(=O)(=O)c1ccc(F)cc1)OCCCC[C@H](C)O2. The van der Waals surface area contributed by atoms with E-state index in [0.29, 0.717) is 30.9 Å². The molecule has 2 aromatic rings. The van der Waals surface area contributed by atoms with Crippen molar-refractivity contribution in [3.8, 4) is 5.75 Å². The van der Waals surface area contributed by atoms with Crippen LogP contribution >= 0.6 is 0 Å². The van der Waals surface area contributed by atoms with E-state index in [1.165, 1.54) is 28.4 Å². The van der Waals surface area contributed by atoms with E-state index < -0.39 is 39.9 Å². The van der Waals surface area contributed by atoms with Gasteiger partial charge in [0.1, 0.15) is 11.6 Å². The number of aliphatic hydroxyl groups excluding tert-OH is 1. The number of hydrogen-bond acceptors (Lipinski definition) is 7. The van der Waals surface area contributed by atoms with E-state index in [0.717, 1.165) is 18.6 Å². The van der Waals surface area contributed by atoms with Gasteiger partial charge in [-0.25, -0.2) is 17.6 Å². The van der Waals surface area contributed by atoms with Gasteiger partial charge in [0.2, 0.25) is 10.0 Å². The lowest BCUT2D eigenvalue weighted by Crippen LogP contribution is -2.48. The van der Waals surface area contributed by atoms with Gasteiger partial charge in [-0.1, -0.05) is 6.92 Å². The van der Waals surface area contributed by atoms with E-state index in [1.807, 2.05) is 27.7 Å². The van der Waals surface area contributed by atoms with Crippen molar-refractivity contribution < 1.29 is 37.0 Å². The molecule has 3 amide bonds. The third-order valence-electron chi connectivity index (χ3n) is 7.69. The van der Waals surface area contributed by atoms with Crippen LogP contribution in [0, 0.1) is 11.7 Å². The molecular formula is C32H47FN4O7S. The number of rotatable bonds is 8. The molecule has 0 spiro atoms. The Hall–Kier alpha value is -3.26. The summed E-state index contributed by atoms with van der Waals surface area (Å²) in [5.41, 5.74) is 0.623. The minimum Gasteiger partial charge on any atom is -0.490 e. The molecule has 250 valence electrons. The Labute approximate surface area is 266 Å². The van der Waals surface area contributed by atoms with Crippen LogP contribution in [0.5, 0.6) is 5.75 Å². The second-order valence-electron chi connectivity index (χ2n) is 12.0. The maximum absolute atomic E-state index is 14.2. The van der Waals surface area contributed by atoms with Gasteiger partial charge < -0.3 is 30.1 Å². The van der Waals surface area contributed by atoms with Crippen LogP contribution in [0.1, 0.15) is 64.2 Å². The number of nitrogens with zero attached hydrogens (tertiary/aromatic N) is 2. The minimum atomic E-state index is -3.94. The monoisotopic (exact) mass is 650 g/mol. The van der Waals surface area contributed by atoms with E-state index in [4.69, 9.17) is 9.47 Å². The van der Waals surface area contributed by atoms with Gasteiger partial charge in [0.05, 0.1) is 35.3 Å². The Bertz CT molecular complexity index is 1390. The van der Waals surface area contributed by atoms with Crippen molar-refractivity contribution in [1.82, 2.24) is 14.5 Å². The lowest BCUT2D eigenvalue weighted by atomic mass is 10.0. The van der Waals surface area contributed by atoms with Gasteiger partial charge >= 0.3 is 6.03 Å². The van der Waals surface area contributed by atoms with E-state index in [2.05, 4.69) is 10.6 Å². The standard InChI is InChI=1S/C32H47FN4O7S/c1-21(2)34-32(40)35-26-12-15-29-28(17-26)31(39)37(23(4)20-38)18-22(3)30(43-16-8-7-9-24(5)44-29)19-36(6)45(41,42)27-13-10-25(33)11-14-27/h10-15,17,21-24,30,38H,7-9,16,18-20H2,1-6H3,(H2,34,35,40)/t22-,23+,24-,30-/m0/s1. The fraction of sp³-hybridized carbons (Fsp3) is 0.562. The molecule has 0 unspecified atom stereocenters. The fourth-order valence-electron chi connectivity index (χ4n) is 5.03.